The average Bonchev–Trinajstić information content (AvgIpc) is 2.63. The Balaban J connectivity index is 1.50. The summed E-state index contributed by atoms with van der Waals surface area (Å²) in [6, 6.07) is 17.4. The molecule has 24 heavy (non-hydrogen) atoms. The number of nitrogens with zero attached hydrogens (tertiary/aromatic N) is 1. The van der Waals surface area contributed by atoms with E-state index in [1.54, 1.807) is 4.90 Å². The molecule has 0 unspecified atom stereocenters. The molecular formula is C18H19BrN2O3. The molecule has 2 aromatic carbocycles. The zero-order valence-electron chi connectivity index (χ0n) is 13.2. The highest BCUT2D eigenvalue weighted by atomic mass is 79.9. The van der Waals surface area contributed by atoms with Crippen LogP contribution in [0.5, 0.6) is 0 Å². The molecule has 1 heterocycles. The predicted molar refractivity (Wildman–Crippen MR) is 94.2 cm³/mol. The maximum absolute atomic E-state index is 12.2. The molecule has 6 heteroatoms. The van der Waals surface area contributed by atoms with Gasteiger partial charge in [0.25, 0.3) is 0 Å². The molecule has 0 aromatic heterocycles. The van der Waals surface area contributed by atoms with Crippen molar-refractivity contribution < 1.29 is 14.4 Å². The molecule has 3 rings (SSSR count). The molecular weight excluding hydrogens is 372 g/mol. The van der Waals surface area contributed by atoms with E-state index in [1.165, 1.54) is 0 Å². The number of amides is 2. The van der Waals surface area contributed by atoms with Crippen LogP contribution >= 0.6 is 15.9 Å². The Kier molecular flexibility index (Phi) is 5.85. The summed E-state index contributed by atoms with van der Waals surface area (Å²) in [7, 11) is 0. The minimum Gasteiger partial charge on any atom is -0.370 e. The van der Waals surface area contributed by atoms with E-state index in [4.69, 9.17) is 9.57 Å². The Labute approximate surface area is 149 Å². The molecule has 126 valence electrons. The highest BCUT2D eigenvalue weighted by Crippen LogP contribution is 2.23. The van der Waals surface area contributed by atoms with E-state index in [2.05, 4.69) is 21.4 Å². The molecule has 2 aromatic rings. The van der Waals surface area contributed by atoms with Crippen LogP contribution in [0.1, 0.15) is 17.2 Å². The van der Waals surface area contributed by atoms with Crippen molar-refractivity contribution >= 4 is 22.0 Å². The van der Waals surface area contributed by atoms with Crippen LogP contribution in [0.15, 0.2) is 59.1 Å². The van der Waals surface area contributed by atoms with Crippen molar-refractivity contribution in [2.75, 3.05) is 19.7 Å². The summed E-state index contributed by atoms with van der Waals surface area (Å²) < 4.78 is 6.80. The lowest BCUT2D eigenvalue weighted by atomic mass is 10.1. The molecule has 1 atom stereocenters. The molecule has 0 radical (unpaired) electrons. The quantitative estimate of drug-likeness (QED) is 0.810. The second-order valence-electron chi connectivity index (χ2n) is 5.54. The number of carbonyl (C=O) groups excluding carboxylic acids is 1. The van der Waals surface area contributed by atoms with E-state index in [-0.39, 0.29) is 12.1 Å². The van der Waals surface area contributed by atoms with E-state index in [1.807, 2.05) is 54.6 Å². The maximum Gasteiger partial charge on any atom is 0.341 e. The second-order valence-corrected chi connectivity index (χ2v) is 6.45. The summed E-state index contributed by atoms with van der Waals surface area (Å²) in [4.78, 5) is 19.3. The Bertz CT molecular complexity index is 664. The number of morpholine rings is 1. The number of halogens is 1. The number of carbonyl (C=O) groups is 1. The SMILES string of the molecule is O=C(NOCc1ccccc1)N1CCO[C@@H](c2ccc(Br)cc2)C1. The zero-order chi connectivity index (χ0) is 16.8. The van der Waals surface area contributed by atoms with Crippen molar-refractivity contribution in [2.24, 2.45) is 0 Å². The van der Waals surface area contributed by atoms with Crippen molar-refractivity contribution in [3.05, 3.63) is 70.2 Å². The van der Waals surface area contributed by atoms with E-state index in [0.717, 1.165) is 15.6 Å². The first kappa shape index (κ1) is 17.0. The van der Waals surface area contributed by atoms with Gasteiger partial charge in [-0.05, 0) is 23.3 Å². The first-order valence-electron chi connectivity index (χ1n) is 7.80. The number of ether oxygens (including phenoxy) is 1. The number of hydrogen-bond acceptors (Lipinski definition) is 3. The predicted octanol–water partition coefficient (Wildman–Crippen LogP) is 3.66. The Morgan fingerprint density at radius 2 is 1.96 bits per heavy atom. The first-order chi connectivity index (χ1) is 11.7. The summed E-state index contributed by atoms with van der Waals surface area (Å²) in [5, 5.41) is 0. The molecule has 1 fully saturated rings. The third kappa shape index (κ3) is 4.56. The highest BCUT2D eigenvalue weighted by Gasteiger charge is 2.25. The van der Waals surface area contributed by atoms with Crippen LogP contribution in [-0.2, 0) is 16.2 Å². The number of nitrogens with one attached hydrogen (secondary N) is 1. The highest BCUT2D eigenvalue weighted by molar-refractivity contribution is 9.10. The Morgan fingerprint density at radius 3 is 2.71 bits per heavy atom. The van der Waals surface area contributed by atoms with Crippen molar-refractivity contribution in [3.63, 3.8) is 0 Å². The van der Waals surface area contributed by atoms with Crippen LogP contribution in [0.4, 0.5) is 4.79 Å². The van der Waals surface area contributed by atoms with Gasteiger partial charge in [-0.15, -0.1) is 0 Å². The van der Waals surface area contributed by atoms with E-state index < -0.39 is 0 Å². The van der Waals surface area contributed by atoms with Gasteiger partial charge in [-0.1, -0.05) is 58.4 Å². The topological polar surface area (TPSA) is 50.8 Å². The van der Waals surface area contributed by atoms with E-state index in [0.29, 0.717) is 26.3 Å². The smallest absolute Gasteiger partial charge is 0.341 e. The van der Waals surface area contributed by atoms with Gasteiger partial charge < -0.3 is 9.64 Å². The monoisotopic (exact) mass is 390 g/mol. The lowest BCUT2D eigenvalue weighted by molar-refractivity contribution is -0.0284. The average molecular weight is 391 g/mol. The third-order valence-electron chi connectivity index (χ3n) is 3.84. The Hall–Kier alpha value is -1.89. The standard InChI is InChI=1S/C18H19BrN2O3/c19-16-8-6-15(7-9-16)17-12-21(10-11-23-17)18(22)20-24-13-14-4-2-1-3-5-14/h1-9,17H,10-13H2,(H,20,22)/t17-/m1/s1. The van der Waals surface area contributed by atoms with E-state index in [9.17, 15) is 4.79 Å². The van der Waals surface area contributed by atoms with Gasteiger partial charge in [-0.2, -0.15) is 0 Å². The summed E-state index contributed by atoms with van der Waals surface area (Å²) in [5.74, 6) is 0. The first-order valence-corrected chi connectivity index (χ1v) is 8.59. The summed E-state index contributed by atoms with van der Waals surface area (Å²) >= 11 is 3.42. The molecule has 5 nitrogen and oxygen atoms in total. The molecule has 0 aliphatic carbocycles. The van der Waals surface area contributed by atoms with Crippen molar-refractivity contribution in [3.8, 4) is 0 Å². The lowest BCUT2D eigenvalue weighted by Crippen LogP contribution is -2.47. The van der Waals surface area contributed by atoms with Crippen molar-refractivity contribution in [1.82, 2.24) is 10.4 Å². The fraction of sp³-hybridized carbons (Fsp3) is 0.278. The van der Waals surface area contributed by atoms with E-state index >= 15 is 0 Å². The van der Waals surface area contributed by atoms with Crippen LogP contribution in [0, 0.1) is 0 Å². The largest absolute Gasteiger partial charge is 0.370 e. The molecule has 0 spiro atoms. The minimum atomic E-state index is -0.239. The van der Waals surface area contributed by atoms with Gasteiger partial charge in [-0.3, -0.25) is 4.84 Å². The summed E-state index contributed by atoms with van der Waals surface area (Å²) in [5.41, 5.74) is 4.57. The van der Waals surface area contributed by atoms with Crippen LogP contribution in [0.25, 0.3) is 0 Å². The minimum absolute atomic E-state index is 0.119. The van der Waals surface area contributed by atoms with Crippen molar-refractivity contribution in [2.45, 2.75) is 12.7 Å². The molecule has 1 aliphatic rings. The third-order valence-corrected chi connectivity index (χ3v) is 4.37. The zero-order valence-corrected chi connectivity index (χ0v) is 14.7. The van der Waals surface area contributed by atoms with Crippen LogP contribution in [0.3, 0.4) is 0 Å². The number of rotatable bonds is 4. The molecule has 1 saturated heterocycles. The summed E-state index contributed by atoms with van der Waals surface area (Å²) in [6.07, 6.45) is -0.119. The molecule has 1 N–H and O–H groups in total. The number of hydroxylamine groups is 1. The van der Waals surface area contributed by atoms with Crippen LogP contribution < -0.4 is 5.48 Å². The summed E-state index contributed by atoms with van der Waals surface area (Å²) in [6.45, 7) is 1.90. The second kappa shape index (κ2) is 8.28. The normalized spacial score (nSPS) is 17.5. The van der Waals surface area contributed by atoms with Crippen LogP contribution in [0.2, 0.25) is 0 Å². The lowest BCUT2D eigenvalue weighted by Gasteiger charge is -2.33. The van der Waals surface area contributed by atoms with Gasteiger partial charge in [0.05, 0.1) is 19.8 Å². The van der Waals surface area contributed by atoms with Crippen LogP contribution in [-0.4, -0.2) is 30.6 Å². The van der Waals surface area contributed by atoms with Gasteiger partial charge >= 0.3 is 6.03 Å². The number of urea groups is 1. The molecule has 2 amide bonds. The molecule has 1 aliphatic heterocycles. The number of benzene rings is 2. The fourth-order valence-corrected chi connectivity index (χ4v) is 2.80. The molecule has 0 saturated carbocycles. The van der Waals surface area contributed by atoms with Crippen molar-refractivity contribution in [1.29, 1.82) is 0 Å². The fourth-order valence-electron chi connectivity index (χ4n) is 2.53. The van der Waals surface area contributed by atoms with Gasteiger partial charge in [0.15, 0.2) is 0 Å². The van der Waals surface area contributed by atoms with Gasteiger partial charge in [0.2, 0.25) is 0 Å². The molecule has 0 bridgehead atoms. The van der Waals surface area contributed by atoms with Gasteiger partial charge in [0, 0.05) is 11.0 Å². The Morgan fingerprint density at radius 1 is 1.21 bits per heavy atom. The van der Waals surface area contributed by atoms with Gasteiger partial charge in [0.1, 0.15) is 6.10 Å². The van der Waals surface area contributed by atoms with Gasteiger partial charge in [-0.25, -0.2) is 10.3 Å². The maximum atomic E-state index is 12.2. The number of hydrogen-bond donors (Lipinski definition) is 1.